The summed E-state index contributed by atoms with van der Waals surface area (Å²) in [7, 11) is -4.06. The van der Waals surface area contributed by atoms with Gasteiger partial charge in [0.15, 0.2) is 9.34 Å². The van der Waals surface area contributed by atoms with Gasteiger partial charge in [0, 0.05) is 50.2 Å². The Labute approximate surface area is 241 Å². The zero-order chi connectivity index (χ0) is 29.0. The summed E-state index contributed by atoms with van der Waals surface area (Å²) in [6.45, 7) is 7.34. The van der Waals surface area contributed by atoms with E-state index in [9.17, 15) is 22.4 Å². The maximum atomic E-state index is 13.2. The second-order valence-corrected chi connectivity index (χ2v) is 12.8. The van der Waals surface area contributed by atoms with Gasteiger partial charge in [-0.25, -0.2) is 17.8 Å². The van der Waals surface area contributed by atoms with E-state index in [0.717, 1.165) is 16.9 Å². The van der Waals surface area contributed by atoms with Gasteiger partial charge in [-0.3, -0.25) is 19.2 Å². The smallest absolute Gasteiger partial charge is 0.273 e. The van der Waals surface area contributed by atoms with Crippen molar-refractivity contribution in [3.05, 3.63) is 76.2 Å². The molecule has 1 atom stereocenters. The average Bonchev–Trinajstić information content (AvgIpc) is 3.25. The molecule has 9 nitrogen and oxygen atoms in total. The third-order valence-corrected chi connectivity index (χ3v) is 9.54. The molecule has 0 aliphatic carbocycles. The first-order valence-corrected chi connectivity index (χ1v) is 15.1. The lowest BCUT2D eigenvalue weighted by Crippen LogP contribution is -2.53. The molecular formula is C27H29ClFN5O4S2. The summed E-state index contributed by atoms with van der Waals surface area (Å²) in [5, 5.41) is 2.98. The molecule has 0 unspecified atom stereocenters. The van der Waals surface area contributed by atoms with E-state index in [1.54, 1.807) is 35.2 Å². The van der Waals surface area contributed by atoms with E-state index in [-0.39, 0.29) is 44.4 Å². The van der Waals surface area contributed by atoms with Crippen LogP contribution in [0, 0.1) is 12.7 Å². The minimum absolute atomic E-state index is 0.0467. The van der Waals surface area contributed by atoms with E-state index in [0.29, 0.717) is 36.8 Å². The van der Waals surface area contributed by atoms with Crippen LogP contribution in [0.25, 0.3) is 6.08 Å². The number of hydrogen-bond acceptors (Lipinski definition) is 7. The number of rotatable bonds is 8. The van der Waals surface area contributed by atoms with E-state index < -0.39 is 10.0 Å². The van der Waals surface area contributed by atoms with Crippen molar-refractivity contribution in [1.82, 2.24) is 14.8 Å². The van der Waals surface area contributed by atoms with Crippen LogP contribution >= 0.6 is 22.9 Å². The number of hydrogen-bond donors (Lipinski definition) is 2. The summed E-state index contributed by atoms with van der Waals surface area (Å²) in [5.74, 6) is -0.831. The van der Waals surface area contributed by atoms with Crippen LogP contribution in [0.3, 0.4) is 0 Å². The summed E-state index contributed by atoms with van der Waals surface area (Å²) in [5.41, 5.74) is 1.89. The third-order valence-electron chi connectivity index (χ3n) is 6.26. The molecule has 1 aliphatic heterocycles. The third kappa shape index (κ3) is 7.45. The number of nitrogens with one attached hydrogen (secondary N) is 2. The highest BCUT2D eigenvalue weighted by Crippen LogP contribution is 2.31. The number of halogens is 2. The summed E-state index contributed by atoms with van der Waals surface area (Å²) >= 11 is 6.99. The molecule has 1 saturated heterocycles. The van der Waals surface area contributed by atoms with E-state index in [4.69, 9.17) is 11.6 Å². The van der Waals surface area contributed by atoms with Gasteiger partial charge in [0.05, 0.1) is 11.4 Å². The van der Waals surface area contributed by atoms with E-state index in [1.807, 2.05) is 6.92 Å². The van der Waals surface area contributed by atoms with Crippen LogP contribution < -0.4 is 10.0 Å². The van der Waals surface area contributed by atoms with Crippen LogP contribution in [0.2, 0.25) is 5.02 Å². The molecule has 2 amide bonds. The molecule has 3 aromatic rings. The second kappa shape index (κ2) is 12.5. The van der Waals surface area contributed by atoms with Crippen molar-refractivity contribution in [2.24, 2.45) is 0 Å². The maximum Gasteiger partial charge on any atom is 0.273 e. The number of thiazole rings is 1. The lowest BCUT2D eigenvalue weighted by molar-refractivity contribution is -0.130. The Kier molecular flexibility index (Phi) is 9.24. The molecule has 1 aliphatic rings. The van der Waals surface area contributed by atoms with Gasteiger partial charge in [0.25, 0.3) is 10.0 Å². The number of amides is 2. The van der Waals surface area contributed by atoms with E-state index >= 15 is 0 Å². The molecule has 0 radical (unpaired) electrons. The highest BCUT2D eigenvalue weighted by atomic mass is 35.5. The van der Waals surface area contributed by atoms with Gasteiger partial charge in [-0.05, 0) is 55.3 Å². The van der Waals surface area contributed by atoms with E-state index in [2.05, 4.69) is 19.9 Å². The minimum atomic E-state index is -4.06. The van der Waals surface area contributed by atoms with Crippen molar-refractivity contribution in [2.45, 2.75) is 37.6 Å². The van der Waals surface area contributed by atoms with Crippen molar-refractivity contribution in [2.75, 3.05) is 29.7 Å². The molecule has 2 heterocycles. The second-order valence-electron chi connectivity index (χ2n) is 9.49. The van der Waals surface area contributed by atoms with Gasteiger partial charge >= 0.3 is 0 Å². The Balaban J connectivity index is 1.45. The predicted molar refractivity (Wildman–Crippen MR) is 155 cm³/mol. The number of aryl methyl sites for hydroxylation is 1. The average molecular weight is 606 g/mol. The number of anilines is 2. The van der Waals surface area contributed by atoms with Gasteiger partial charge in [-0.15, -0.1) is 0 Å². The first kappa shape index (κ1) is 29.7. The molecule has 212 valence electrons. The van der Waals surface area contributed by atoms with Crippen molar-refractivity contribution >= 4 is 61.7 Å². The molecule has 13 heteroatoms. The summed E-state index contributed by atoms with van der Waals surface area (Å²) in [4.78, 5) is 32.5. The standard InChI is InChI=1S/C27H29ClFN5O4S2/c1-17-15-33(16-20-4-9-23(29)10-5-20)12-13-34(17)25(36)11-7-21-6-8-22(28)14-24(21)32-40(37,38)26-18(2)30-27(39-26)31-19(3)35/h4-11,14,17,32H,12-13,15-16H2,1-3H3,(H,30,31,35)/b11-7+/t17-/m1/s1. The SMILES string of the molecule is CC(=O)Nc1nc(C)c(S(=O)(=O)Nc2cc(Cl)ccc2/C=C/C(=O)N2CCN(Cc3ccc(F)cc3)C[C@H]2C)s1. The molecule has 2 N–H and O–H groups in total. The number of sulfonamides is 1. The number of piperazine rings is 1. The molecule has 40 heavy (non-hydrogen) atoms. The molecule has 1 aromatic heterocycles. The Hall–Kier alpha value is -3.32. The Morgan fingerprint density at radius 1 is 1.20 bits per heavy atom. The van der Waals surface area contributed by atoms with Crippen molar-refractivity contribution in [3.63, 3.8) is 0 Å². The van der Waals surface area contributed by atoms with Gasteiger partial charge < -0.3 is 10.2 Å². The fourth-order valence-corrected chi connectivity index (χ4v) is 7.11. The normalized spacial score (nSPS) is 16.3. The summed E-state index contributed by atoms with van der Waals surface area (Å²) < 4.78 is 42.0. The monoisotopic (exact) mass is 605 g/mol. The first-order chi connectivity index (χ1) is 18.9. The number of carbonyl (C=O) groups excluding carboxylic acids is 2. The van der Waals surface area contributed by atoms with Gasteiger partial charge in [0.1, 0.15) is 5.82 Å². The molecule has 1 fully saturated rings. The van der Waals surface area contributed by atoms with E-state index in [1.165, 1.54) is 38.1 Å². The number of benzene rings is 2. The van der Waals surface area contributed by atoms with Crippen molar-refractivity contribution in [3.8, 4) is 0 Å². The van der Waals surface area contributed by atoms with Crippen LogP contribution in [-0.2, 0) is 26.2 Å². The van der Waals surface area contributed by atoms with Gasteiger partial charge in [-0.2, -0.15) is 0 Å². The number of carbonyl (C=O) groups is 2. The molecule has 0 spiro atoms. The summed E-state index contributed by atoms with van der Waals surface area (Å²) in [6, 6.07) is 11.0. The highest BCUT2D eigenvalue weighted by molar-refractivity contribution is 7.94. The largest absolute Gasteiger partial charge is 0.334 e. The van der Waals surface area contributed by atoms with Crippen LogP contribution in [0.15, 0.2) is 52.7 Å². The predicted octanol–water partition coefficient (Wildman–Crippen LogP) is 4.75. The zero-order valence-corrected chi connectivity index (χ0v) is 24.5. The topological polar surface area (TPSA) is 112 Å². The van der Waals surface area contributed by atoms with Crippen LogP contribution in [0.4, 0.5) is 15.2 Å². The zero-order valence-electron chi connectivity index (χ0n) is 22.1. The fraction of sp³-hybridized carbons (Fsp3) is 0.296. The van der Waals surface area contributed by atoms with Crippen molar-refractivity contribution in [1.29, 1.82) is 0 Å². The molecular weight excluding hydrogens is 577 g/mol. The molecule has 4 rings (SSSR count). The van der Waals surface area contributed by atoms with Crippen LogP contribution in [0.5, 0.6) is 0 Å². The maximum absolute atomic E-state index is 13.2. The van der Waals surface area contributed by atoms with Crippen LogP contribution in [-0.4, -0.2) is 60.7 Å². The Bertz CT molecular complexity index is 1540. The molecule has 0 bridgehead atoms. The molecule has 0 saturated carbocycles. The lowest BCUT2D eigenvalue weighted by Gasteiger charge is -2.39. The van der Waals surface area contributed by atoms with Crippen molar-refractivity contribution < 1.29 is 22.4 Å². The van der Waals surface area contributed by atoms with Crippen LogP contribution in [0.1, 0.15) is 30.7 Å². The Morgan fingerprint density at radius 2 is 1.93 bits per heavy atom. The quantitative estimate of drug-likeness (QED) is 0.359. The molecule has 2 aromatic carbocycles. The fourth-order valence-electron chi connectivity index (χ4n) is 4.40. The number of aromatic nitrogens is 1. The van der Waals surface area contributed by atoms with Gasteiger partial charge in [0.2, 0.25) is 11.8 Å². The minimum Gasteiger partial charge on any atom is -0.334 e. The highest BCUT2D eigenvalue weighted by Gasteiger charge is 2.27. The lowest BCUT2D eigenvalue weighted by atomic mass is 10.1. The van der Waals surface area contributed by atoms with Gasteiger partial charge in [-0.1, -0.05) is 41.1 Å². The first-order valence-electron chi connectivity index (χ1n) is 12.4. The summed E-state index contributed by atoms with van der Waals surface area (Å²) in [6.07, 6.45) is 2.97. The Morgan fingerprint density at radius 3 is 2.60 bits per heavy atom. The number of nitrogens with zero attached hydrogens (tertiary/aromatic N) is 3.